The molecular formula is C28H28N2OS. The molecule has 0 saturated carbocycles. The lowest BCUT2D eigenvalue weighted by Crippen LogP contribution is -2.50. The number of aryl methyl sites for hydroxylation is 2. The Hall–Kier alpha value is -3.00. The van der Waals surface area contributed by atoms with Gasteiger partial charge in [0.25, 0.3) is 0 Å². The van der Waals surface area contributed by atoms with Crippen molar-refractivity contribution in [1.82, 2.24) is 4.98 Å². The summed E-state index contributed by atoms with van der Waals surface area (Å²) >= 11 is 1.65. The van der Waals surface area contributed by atoms with Crippen LogP contribution in [-0.2, 0) is 0 Å². The number of hydrogen-bond acceptors (Lipinski definition) is 3. The van der Waals surface area contributed by atoms with Crippen LogP contribution in [0.1, 0.15) is 53.8 Å². The van der Waals surface area contributed by atoms with E-state index in [2.05, 4.69) is 92.6 Å². The van der Waals surface area contributed by atoms with Crippen LogP contribution in [-0.4, -0.2) is 21.7 Å². The second-order valence-corrected chi connectivity index (χ2v) is 10.4. The summed E-state index contributed by atoms with van der Waals surface area (Å²) in [7, 11) is 0. The minimum absolute atomic E-state index is 0.0443. The molecule has 2 aromatic heterocycles. The fraction of sp³-hybridized carbons (Fsp3) is 0.286. The van der Waals surface area contributed by atoms with E-state index >= 15 is 0 Å². The third-order valence-electron chi connectivity index (χ3n) is 6.72. The predicted octanol–water partition coefficient (Wildman–Crippen LogP) is 6.58. The Balaban J connectivity index is 1.84. The van der Waals surface area contributed by atoms with Gasteiger partial charge in [-0.25, -0.2) is 0 Å². The van der Waals surface area contributed by atoms with Crippen LogP contribution in [0.3, 0.4) is 0 Å². The molecule has 4 aromatic rings. The maximum atomic E-state index is 11.1. The summed E-state index contributed by atoms with van der Waals surface area (Å²) < 4.78 is 0. The molecule has 0 fully saturated rings. The normalized spacial score (nSPS) is 19.2. The van der Waals surface area contributed by atoms with Gasteiger partial charge in [-0.3, -0.25) is 0 Å². The van der Waals surface area contributed by atoms with Gasteiger partial charge in [-0.15, -0.1) is 11.3 Å². The molecule has 5 rings (SSSR count). The summed E-state index contributed by atoms with van der Waals surface area (Å²) in [6.45, 7) is 10.5. The standard InChI is InChI=1S/C28H28N2OS/c1-16-14-23(22-10-6-9-20-17(2)15-29-26(20)22)21(12-11-19-8-7-13-32-19)24-18(3)27(31)28(4,5)30-25(16)24/h6-10,13-15,18,27,29-31H,1-5H3/t18-,27+/m1/s1. The SMILES string of the molecule is Cc1cc(-c2cccc3c(C)c[nH]c23)c(C#Cc2cccs2)c2c1NC(C)(C)[C@@H](O)[C@@H]2C. The fourth-order valence-electron chi connectivity index (χ4n) is 4.98. The van der Waals surface area contributed by atoms with Gasteiger partial charge >= 0.3 is 0 Å². The smallest absolute Gasteiger partial charge is 0.0831 e. The zero-order chi connectivity index (χ0) is 22.6. The number of benzene rings is 2. The molecule has 0 bridgehead atoms. The fourth-order valence-corrected chi connectivity index (χ4v) is 5.55. The Morgan fingerprint density at radius 1 is 1.03 bits per heavy atom. The second-order valence-electron chi connectivity index (χ2n) is 9.41. The molecule has 4 heteroatoms. The second kappa shape index (κ2) is 7.55. The third-order valence-corrected chi connectivity index (χ3v) is 7.51. The molecular weight excluding hydrogens is 412 g/mol. The van der Waals surface area contributed by atoms with E-state index in [0.29, 0.717) is 0 Å². The number of rotatable bonds is 1. The number of para-hydroxylation sites is 1. The zero-order valence-corrected chi connectivity index (χ0v) is 19.9. The third kappa shape index (κ3) is 3.24. The molecule has 0 saturated heterocycles. The first-order valence-electron chi connectivity index (χ1n) is 11.0. The average molecular weight is 441 g/mol. The molecule has 1 aliphatic heterocycles. The van der Waals surface area contributed by atoms with E-state index in [0.717, 1.165) is 38.3 Å². The number of hydrogen-bond donors (Lipinski definition) is 3. The number of thiophene rings is 1. The molecule has 2 atom stereocenters. The highest BCUT2D eigenvalue weighted by Crippen LogP contribution is 2.46. The highest BCUT2D eigenvalue weighted by atomic mass is 32.1. The quantitative estimate of drug-likeness (QED) is 0.293. The number of aliphatic hydroxyl groups is 1. The summed E-state index contributed by atoms with van der Waals surface area (Å²) in [6, 6.07) is 12.8. The molecule has 0 aliphatic carbocycles. The summed E-state index contributed by atoms with van der Waals surface area (Å²) in [4.78, 5) is 4.51. The number of fused-ring (bicyclic) bond motifs is 2. The van der Waals surface area contributed by atoms with Crippen molar-refractivity contribution in [1.29, 1.82) is 0 Å². The topological polar surface area (TPSA) is 48.0 Å². The Labute approximate surface area is 193 Å². The van der Waals surface area contributed by atoms with E-state index < -0.39 is 11.6 Å². The summed E-state index contributed by atoms with van der Waals surface area (Å²) in [5.41, 5.74) is 8.57. The summed E-state index contributed by atoms with van der Waals surface area (Å²) in [5, 5.41) is 18.0. The lowest BCUT2D eigenvalue weighted by molar-refractivity contribution is 0.0868. The van der Waals surface area contributed by atoms with Gasteiger partial charge in [0.2, 0.25) is 0 Å². The highest BCUT2D eigenvalue weighted by molar-refractivity contribution is 7.10. The predicted molar refractivity (Wildman–Crippen MR) is 136 cm³/mol. The summed E-state index contributed by atoms with van der Waals surface area (Å²) in [6.07, 6.45) is 1.54. The minimum Gasteiger partial charge on any atom is -0.390 e. The lowest BCUT2D eigenvalue weighted by atomic mass is 9.75. The van der Waals surface area contributed by atoms with Crippen LogP contribution in [0.25, 0.3) is 22.0 Å². The molecule has 32 heavy (non-hydrogen) atoms. The number of aromatic nitrogens is 1. The number of anilines is 1. The van der Waals surface area contributed by atoms with Gasteiger partial charge in [-0.05, 0) is 61.9 Å². The van der Waals surface area contributed by atoms with E-state index in [1.54, 1.807) is 11.3 Å². The Morgan fingerprint density at radius 2 is 1.84 bits per heavy atom. The molecule has 2 aromatic carbocycles. The lowest BCUT2D eigenvalue weighted by Gasteiger charge is -2.43. The first kappa shape index (κ1) is 20.9. The number of nitrogens with one attached hydrogen (secondary N) is 2. The first-order valence-corrected chi connectivity index (χ1v) is 11.9. The van der Waals surface area contributed by atoms with Gasteiger partial charge in [-0.2, -0.15) is 0 Å². The Bertz CT molecular complexity index is 1380. The van der Waals surface area contributed by atoms with Crippen molar-refractivity contribution in [3.63, 3.8) is 0 Å². The maximum Gasteiger partial charge on any atom is 0.0831 e. The van der Waals surface area contributed by atoms with Gasteiger partial charge in [0.15, 0.2) is 0 Å². The van der Waals surface area contributed by atoms with Crippen molar-refractivity contribution in [2.75, 3.05) is 5.32 Å². The molecule has 3 heterocycles. The van der Waals surface area contributed by atoms with E-state index in [-0.39, 0.29) is 5.92 Å². The van der Waals surface area contributed by atoms with Gasteiger partial charge in [0.1, 0.15) is 0 Å². The maximum absolute atomic E-state index is 11.1. The van der Waals surface area contributed by atoms with Crippen molar-refractivity contribution >= 4 is 27.9 Å². The molecule has 0 amide bonds. The first-order chi connectivity index (χ1) is 15.3. The average Bonchev–Trinajstić information content (AvgIpc) is 3.42. The summed E-state index contributed by atoms with van der Waals surface area (Å²) in [5.74, 6) is 6.85. The Morgan fingerprint density at radius 3 is 2.59 bits per heavy atom. The molecule has 0 unspecified atom stereocenters. The minimum atomic E-state index is -0.518. The van der Waals surface area contributed by atoms with E-state index in [4.69, 9.17) is 0 Å². The van der Waals surface area contributed by atoms with Crippen molar-refractivity contribution in [3.05, 3.63) is 75.1 Å². The van der Waals surface area contributed by atoms with Gasteiger partial charge in [-0.1, -0.05) is 43.0 Å². The zero-order valence-electron chi connectivity index (χ0n) is 19.1. The van der Waals surface area contributed by atoms with E-state index in [1.165, 1.54) is 16.5 Å². The molecule has 162 valence electrons. The van der Waals surface area contributed by atoms with Crippen molar-refractivity contribution in [3.8, 4) is 23.0 Å². The number of aromatic amines is 1. The molecule has 0 radical (unpaired) electrons. The van der Waals surface area contributed by atoms with Crippen LogP contribution in [0.2, 0.25) is 0 Å². The van der Waals surface area contributed by atoms with Gasteiger partial charge in [0.05, 0.1) is 22.0 Å². The number of aliphatic hydroxyl groups excluding tert-OH is 1. The van der Waals surface area contributed by atoms with Crippen LogP contribution in [0.15, 0.2) is 48.0 Å². The van der Waals surface area contributed by atoms with Crippen molar-refractivity contribution in [2.24, 2.45) is 0 Å². The van der Waals surface area contributed by atoms with E-state index in [1.807, 2.05) is 12.1 Å². The van der Waals surface area contributed by atoms with Gasteiger partial charge < -0.3 is 15.4 Å². The molecule has 3 nitrogen and oxygen atoms in total. The van der Waals surface area contributed by atoms with E-state index in [9.17, 15) is 5.11 Å². The Kier molecular flexibility index (Phi) is 4.93. The highest BCUT2D eigenvalue weighted by Gasteiger charge is 2.40. The van der Waals surface area contributed by atoms with Crippen LogP contribution in [0.5, 0.6) is 0 Å². The number of H-pyrrole nitrogens is 1. The van der Waals surface area contributed by atoms with Gasteiger partial charge in [0, 0.05) is 39.9 Å². The molecule has 3 N–H and O–H groups in total. The largest absolute Gasteiger partial charge is 0.390 e. The molecule has 0 spiro atoms. The van der Waals surface area contributed by atoms with Crippen LogP contribution < -0.4 is 5.32 Å². The molecule has 1 aliphatic rings. The van der Waals surface area contributed by atoms with Crippen LogP contribution in [0.4, 0.5) is 5.69 Å². The van der Waals surface area contributed by atoms with Crippen molar-refractivity contribution in [2.45, 2.75) is 52.2 Å². The monoisotopic (exact) mass is 440 g/mol. The van der Waals surface area contributed by atoms with Crippen LogP contribution >= 0.6 is 11.3 Å². The van der Waals surface area contributed by atoms with Crippen LogP contribution in [0, 0.1) is 25.7 Å². The van der Waals surface area contributed by atoms with Crippen molar-refractivity contribution < 1.29 is 5.11 Å².